The van der Waals surface area contributed by atoms with E-state index in [0.717, 1.165) is 5.56 Å². The monoisotopic (exact) mass is 478 g/mol. The van der Waals surface area contributed by atoms with E-state index in [1.165, 1.54) is 48.5 Å². The zero-order valence-corrected chi connectivity index (χ0v) is 18.7. The molecular formula is C25H22N2O8. The highest BCUT2D eigenvalue weighted by molar-refractivity contribution is 5.82. The van der Waals surface area contributed by atoms with Crippen LogP contribution in [0, 0.1) is 20.2 Å². The van der Waals surface area contributed by atoms with Gasteiger partial charge >= 0.3 is 5.97 Å². The molecule has 3 aromatic carbocycles. The average molecular weight is 478 g/mol. The molecule has 35 heavy (non-hydrogen) atoms. The van der Waals surface area contributed by atoms with Crippen molar-refractivity contribution in [3.05, 3.63) is 116 Å². The van der Waals surface area contributed by atoms with Crippen molar-refractivity contribution in [1.82, 2.24) is 0 Å². The largest absolute Gasteiger partial charge is 0.464 e. The molecule has 0 amide bonds. The number of carbonyl (C=O) groups excluding carboxylic acids is 1. The van der Waals surface area contributed by atoms with Crippen molar-refractivity contribution in [2.75, 3.05) is 6.61 Å². The van der Waals surface area contributed by atoms with Crippen molar-refractivity contribution >= 4 is 17.3 Å². The summed E-state index contributed by atoms with van der Waals surface area (Å²) in [7, 11) is 0. The van der Waals surface area contributed by atoms with Crippen LogP contribution in [0.2, 0.25) is 0 Å². The molecule has 1 saturated heterocycles. The van der Waals surface area contributed by atoms with E-state index in [2.05, 4.69) is 0 Å². The Kier molecular flexibility index (Phi) is 6.85. The summed E-state index contributed by atoms with van der Waals surface area (Å²) in [6, 6.07) is 20.5. The standard InChI is InChI=1S/C25H22N2O8/c1-2-33-24(28)25(16-17-6-4-3-5-7-17)22(18-8-12-20(13-9-18)26(29)30)34-23(35-25)19-10-14-21(15-11-19)27(31)32/h3-15,22-23H,2,16H2,1H3/t22-,23-,25+/m1/s1. The minimum absolute atomic E-state index is 0.0976. The number of rotatable bonds is 8. The van der Waals surface area contributed by atoms with Gasteiger partial charge in [-0.1, -0.05) is 30.3 Å². The van der Waals surface area contributed by atoms with Gasteiger partial charge in [0, 0.05) is 36.2 Å². The lowest BCUT2D eigenvalue weighted by Crippen LogP contribution is -2.46. The maximum atomic E-state index is 13.4. The van der Waals surface area contributed by atoms with Crippen molar-refractivity contribution < 1.29 is 28.9 Å². The highest BCUT2D eigenvalue weighted by Crippen LogP contribution is 2.49. The molecule has 0 spiro atoms. The Bertz CT molecular complexity index is 1210. The Morgan fingerprint density at radius 2 is 1.43 bits per heavy atom. The van der Waals surface area contributed by atoms with E-state index in [1.54, 1.807) is 6.92 Å². The molecule has 0 saturated carbocycles. The Morgan fingerprint density at radius 1 is 0.886 bits per heavy atom. The molecule has 10 heteroatoms. The molecule has 1 fully saturated rings. The predicted molar refractivity (Wildman–Crippen MR) is 123 cm³/mol. The lowest BCUT2D eigenvalue weighted by Gasteiger charge is -2.30. The molecular weight excluding hydrogens is 456 g/mol. The molecule has 0 N–H and O–H groups in total. The number of nitro groups is 2. The minimum Gasteiger partial charge on any atom is -0.464 e. The normalized spacial score (nSPS) is 21.4. The van der Waals surface area contributed by atoms with Crippen molar-refractivity contribution in [2.45, 2.75) is 31.3 Å². The summed E-state index contributed by atoms with van der Waals surface area (Å²) in [6.45, 7) is 1.78. The van der Waals surface area contributed by atoms with Crippen LogP contribution in [0.5, 0.6) is 0 Å². The molecule has 10 nitrogen and oxygen atoms in total. The van der Waals surface area contributed by atoms with Crippen LogP contribution in [0.15, 0.2) is 78.9 Å². The predicted octanol–water partition coefficient (Wildman–Crippen LogP) is 4.83. The van der Waals surface area contributed by atoms with Gasteiger partial charge < -0.3 is 14.2 Å². The second-order valence-electron chi connectivity index (χ2n) is 7.94. The van der Waals surface area contributed by atoms with Crippen LogP contribution in [0.3, 0.4) is 0 Å². The molecule has 0 aliphatic carbocycles. The van der Waals surface area contributed by atoms with Crippen molar-refractivity contribution in [3.8, 4) is 0 Å². The number of nitro benzene ring substituents is 2. The van der Waals surface area contributed by atoms with Crippen molar-refractivity contribution in [3.63, 3.8) is 0 Å². The Labute approximate surface area is 200 Å². The van der Waals surface area contributed by atoms with E-state index < -0.39 is 33.8 Å². The minimum atomic E-state index is -1.61. The molecule has 3 atom stereocenters. The fraction of sp³-hybridized carbons (Fsp3) is 0.240. The number of carbonyl (C=O) groups is 1. The SMILES string of the molecule is CCOC(=O)[C@@]1(Cc2ccccc2)O[C@H](c2ccc([N+](=O)[O-])cc2)O[C@@H]1c1ccc([N+](=O)[O-])cc1. The first-order valence-corrected chi connectivity index (χ1v) is 10.9. The number of nitrogens with zero attached hydrogens (tertiary/aromatic N) is 2. The fourth-order valence-electron chi connectivity index (χ4n) is 4.05. The molecule has 0 unspecified atom stereocenters. The maximum Gasteiger partial charge on any atom is 0.342 e. The lowest BCUT2D eigenvalue weighted by atomic mass is 9.85. The summed E-state index contributed by atoms with van der Waals surface area (Å²) in [6.07, 6.45) is -1.90. The highest BCUT2D eigenvalue weighted by Gasteiger charge is 2.57. The Balaban J connectivity index is 1.79. The van der Waals surface area contributed by atoms with Crippen LogP contribution in [0.25, 0.3) is 0 Å². The first kappa shape index (κ1) is 24.0. The summed E-state index contributed by atoms with van der Waals surface area (Å²) in [4.78, 5) is 34.6. The number of ether oxygens (including phenoxy) is 3. The number of non-ortho nitro benzene ring substituents is 2. The first-order chi connectivity index (χ1) is 16.8. The maximum absolute atomic E-state index is 13.4. The molecule has 3 aromatic rings. The Morgan fingerprint density at radius 3 is 1.94 bits per heavy atom. The van der Waals surface area contributed by atoms with Gasteiger partial charge in [-0.05, 0) is 42.3 Å². The molecule has 180 valence electrons. The second-order valence-corrected chi connectivity index (χ2v) is 7.94. The molecule has 0 aromatic heterocycles. The molecule has 4 rings (SSSR count). The van der Waals surface area contributed by atoms with Crippen LogP contribution in [-0.4, -0.2) is 28.0 Å². The van der Waals surface area contributed by atoms with Gasteiger partial charge in [-0.2, -0.15) is 0 Å². The third-order valence-corrected chi connectivity index (χ3v) is 5.71. The zero-order valence-electron chi connectivity index (χ0n) is 18.7. The van der Waals surface area contributed by atoms with E-state index in [9.17, 15) is 25.0 Å². The molecule has 1 aliphatic rings. The van der Waals surface area contributed by atoms with E-state index >= 15 is 0 Å². The van der Waals surface area contributed by atoms with Crippen LogP contribution in [0.4, 0.5) is 11.4 Å². The average Bonchev–Trinajstić information content (AvgIpc) is 3.25. The van der Waals surface area contributed by atoms with E-state index in [1.807, 2.05) is 30.3 Å². The summed E-state index contributed by atoms with van der Waals surface area (Å²) in [5.74, 6) is -0.642. The summed E-state index contributed by atoms with van der Waals surface area (Å²) in [5, 5.41) is 22.2. The zero-order chi connectivity index (χ0) is 25.0. The first-order valence-electron chi connectivity index (χ1n) is 10.9. The highest BCUT2D eigenvalue weighted by atomic mass is 16.8. The van der Waals surface area contributed by atoms with Crippen LogP contribution >= 0.6 is 0 Å². The smallest absolute Gasteiger partial charge is 0.342 e. The number of hydrogen-bond acceptors (Lipinski definition) is 8. The Hall–Kier alpha value is -4.15. The van der Waals surface area contributed by atoms with Crippen molar-refractivity contribution in [2.24, 2.45) is 0 Å². The van der Waals surface area contributed by atoms with Gasteiger partial charge in [0.2, 0.25) is 5.60 Å². The van der Waals surface area contributed by atoms with Crippen LogP contribution < -0.4 is 0 Å². The van der Waals surface area contributed by atoms with Gasteiger partial charge in [0.15, 0.2) is 6.29 Å². The quantitative estimate of drug-likeness (QED) is 0.255. The number of benzene rings is 3. The van der Waals surface area contributed by atoms with Crippen LogP contribution in [-0.2, 0) is 25.4 Å². The van der Waals surface area contributed by atoms with E-state index in [4.69, 9.17) is 14.2 Å². The topological polar surface area (TPSA) is 131 Å². The van der Waals surface area contributed by atoms with Gasteiger partial charge in [0.05, 0.1) is 16.5 Å². The van der Waals surface area contributed by atoms with E-state index in [-0.39, 0.29) is 24.4 Å². The van der Waals surface area contributed by atoms with Gasteiger partial charge in [0.25, 0.3) is 11.4 Å². The van der Waals surface area contributed by atoms with Crippen LogP contribution in [0.1, 0.15) is 36.0 Å². The van der Waals surface area contributed by atoms with Gasteiger partial charge in [-0.3, -0.25) is 20.2 Å². The molecule has 1 aliphatic heterocycles. The lowest BCUT2D eigenvalue weighted by molar-refractivity contribution is -0.385. The van der Waals surface area contributed by atoms with Gasteiger partial charge in [-0.15, -0.1) is 0 Å². The third-order valence-electron chi connectivity index (χ3n) is 5.71. The summed E-state index contributed by atoms with van der Waals surface area (Å²) >= 11 is 0. The molecule has 0 bridgehead atoms. The van der Waals surface area contributed by atoms with Gasteiger partial charge in [0.1, 0.15) is 6.10 Å². The third kappa shape index (κ3) is 4.88. The second kappa shape index (κ2) is 10.00. The fourth-order valence-corrected chi connectivity index (χ4v) is 4.05. The van der Waals surface area contributed by atoms with E-state index in [0.29, 0.717) is 11.1 Å². The number of esters is 1. The van der Waals surface area contributed by atoms with Crippen molar-refractivity contribution in [1.29, 1.82) is 0 Å². The molecule has 0 radical (unpaired) electrons. The summed E-state index contributed by atoms with van der Waals surface area (Å²) in [5.41, 5.74) is -0.0601. The number of hydrogen-bond donors (Lipinski definition) is 0. The molecule has 1 heterocycles. The van der Waals surface area contributed by atoms with Gasteiger partial charge in [-0.25, -0.2) is 4.79 Å². The summed E-state index contributed by atoms with van der Waals surface area (Å²) < 4.78 is 17.9.